The third-order valence-corrected chi connectivity index (χ3v) is 2.52. The van der Waals surface area contributed by atoms with Gasteiger partial charge in [-0.2, -0.15) is 0 Å². The first-order chi connectivity index (χ1) is 6.24. The van der Waals surface area contributed by atoms with Crippen molar-refractivity contribution in [3.63, 3.8) is 0 Å². The quantitative estimate of drug-likeness (QED) is 0.885. The van der Waals surface area contributed by atoms with Gasteiger partial charge in [0.2, 0.25) is 0 Å². The molecule has 0 spiro atoms. The topological polar surface area (TPSA) is 26.0 Å². The summed E-state index contributed by atoms with van der Waals surface area (Å²) in [5, 5.41) is 0.739. The summed E-state index contributed by atoms with van der Waals surface area (Å²) in [6.45, 7) is 0.682. The van der Waals surface area contributed by atoms with Crippen LogP contribution < -0.4 is 5.73 Å². The standard InChI is InChI=1S/C10H11BrClN/c11-10-7-9(12)5-4-8(10)3-1-2-6-13/h1,3-5,7H,2,6,13H2. The van der Waals surface area contributed by atoms with Gasteiger partial charge >= 0.3 is 0 Å². The van der Waals surface area contributed by atoms with E-state index in [-0.39, 0.29) is 0 Å². The first kappa shape index (κ1) is 10.8. The van der Waals surface area contributed by atoms with Crippen molar-refractivity contribution in [3.05, 3.63) is 39.3 Å². The molecule has 1 aromatic carbocycles. The molecular formula is C10H11BrClN. The number of benzene rings is 1. The van der Waals surface area contributed by atoms with Crippen molar-refractivity contribution in [1.82, 2.24) is 0 Å². The number of nitrogens with two attached hydrogens (primary N) is 1. The molecule has 3 heteroatoms. The van der Waals surface area contributed by atoms with Crippen molar-refractivity contribution in [2.75, 3.05) is 6.54 Å². The zero-order chi connectivity index (χ0) is 9.68. The van der Waals surface area contributed by atoms with Gasteiger partial charge in [0.1, 0.15) is 0 Å². The Morgan fingerprint density at radius 2 is 2.23 bits per heavy atom. The largest absolute Gasteiger partial charge is 0.330 e. The first-order valence-corrected chi connectivity index (χ1v) is 5.23. The Labute approximate surface area is 91.7 Å². The van der Waals surface area contributed by atoms with Crippen LogP contribution in [0.3, 0.4) is 0 Å². The molecule has 0 saturated carbocycles. The first-order valence-electron chi connectivity index (χ1n) is 4.05. The molecule has 0 unspecified atom stereocenters. The fourth-order valence-electron chi connectivity index (χ4n) is 0.943. The molecule has 0 radical (unpaired) electrons. The molecule has 0 fully saturated rings. The highest BCUT2D eigenvalue weighted by atomic mass is 79.9. The maximum atomic E-state index is 5.80. The van der Waals surface area contributed by atoms with Crippen LogP contribution >= 0.6 is 27.5 Å². The molecule has 0 atom stereocenters. The Balaban J connectivity index is 2.77. The summed E-state index contributed by atoms with van der Waals surface area (Å²) >= 11 is 9.24. The predicted octanol–water partition coefficient (Wildman–Crippen LogP) is 3.46. The molecule has 0 amide bonds. The summed E-state index contributed by atoms with van der Waals surface area (Å²) < 4.78 is 1.01. The molecule has 0 aliphatic carbocycles. The summed E-state index contributed by atoms with van der Waals surface area (Å²) in [5.41, 5.74) is 6.49. The maximum absolute atomic E-state index is 5.80. The molecule has 0 bridgehead atoms. The summed E-state index contributed by atoms with van der Waals surface area (Å²) in [4.78, 5) is 0. The number of hydrogen-bond acceptors (Lipinski definition) is 1. The van der Waals surface area contributed by atoms with Gasteiger partial charge in [0.05, 0.1) is 0 Å². The third-order valence-electron chi connectivity index (χ3n) is 1.59. The van der Waals surface area contributed by atoms with Crippen molar-refractivity contribution in [2.45, 2.75) is 6.42 Å². The van der Waals surface area contributed by atoms with Gasteiger partial charge in [0.25, 0.3) is 0 Å². The fourth-order valence-corrected chi connectivity index (χ4v) is 1.76. The molecule has 1 nitrogen and oxygen atoms in total. The fraction of sp³-hybridized carbons (Fsp3) is 0.200. The normalized spacial score (nSPS) is 11.0. The zero-order valence-corrected chi connectivity index (χ0v) is 9.48. The van der Waals surface area contributed by atoms with Gasteiger partial charge in [0.15, 0.2) is 0 Å². The van der Waals surface area contributed by atoms with Crippen LogP contribution in [0.2, 0.25) is 5.02 Å². The van der Waals surface area contributed by atoms with Crippen LogP contribution in [0.25, 0.3) is 6.08 Å². The van der Waals surface area contributed by atoms with Crippen LogP contribution in [-0.2, 0) is 0 Å². The number of hydrogen-bond donors (Lipinski definition) is 1. The highest BCUT2D eigenvalue weighted by Gasteiger charge is 1.95. The lowest BCUT2D eigenvalue weighted by atomic mass is 10.2. The molecule has 13 heavy (non-hydrogen) atoms. The minimum absolute atomic E-state index is 0.682. The average Bonchev–Trinajstić information content (AvgIpc) is 2.09. The van der Waals surface area contributed by atoms with E-state index in [1.54, 1.807) is 0 Å². The summed E-state index contributed by atoms with van der Waals surface area (Å²) in [6.07, 6.45) is 4.98. The molecule has 2 N–H and O–H groups in total. The molecule has 0 aliphatic rings. The predicted molar refractivity (Wildman–Crippen MR) is 61.9 cm³/mol. The molecule has 1 rings (SSSR count). The van der Waals surface area contributed by atoms with Crippen LogP contribution in [0.5, 0.6) is 0 Å². The van der Waals surface area contributed by atoms with Crippen molar-refractivity contribution in [1.29, 1.82) is 0 Å². The Hall–Kier alpha value is -0.310. The lowest BCUT2D eigenvalue weighted by Gasteiger charge is -1.98. The van der Waals surface area contributed by atoms with E-state index in [1.807, 2.05) is 30.4 Å². The van der Waals surface area contributed by atoms with Crippen LogP contribution in [0.15, 0.2) is 28.7 Å². The van der Waals surface area contributed by atoms with E-state index in [0.717, 1.165) is 21.5 Å². The minimum Gasteiger partial charge on any atom is -0.330 e. The minimum atomic E-state index is 0.682. The number of halogens is 2. The summed E-state index contributed by atoms with van der Waals surface area (Å²) in [5.74, 6) is 0. The lowest BCUT2D eigenvalue weighted by molar-refractivity contribution is 1.01. The highest BCUT2D eigenvalue weighted by molar-refractivity contribution is 9.10. The van der Waals surface area contributed by atoms with Gasteiger partial charge < -0.3 is 5.73 Å². The Morgan fingerprint density at radius 3 is 2.85 bits per heavy atom. The van der Waals surface area contributed by atoms with Crippen LogP contribution in [0.1, 0.15) is 12.0 Å². The van der Waals surface area contributed by atoms with E-state index < -0.39 is 0 Å². The lowest BCUT2D eigenvalue weighted by Crippen LogP contribution is -1.94. The molecule has 70 valence electrons. The second-order valence-electron chi connectivity index (χ2n) is 2.65. The van der Waals surface area contributed by atoms with Crippen molar-refractivity contribution in [3.8, 4) is 0 Å². The molecule has 0 heterocycles. The third kappa shape index (κ3) is 3.51. The van der Waals surface area contributed by atoms with Gasteiger partial charge in [-0.05, 0) is 30.7 Å². The zero-order valence-electron chi connectivity index (χ0n) is 7.13. The van der Waals surface area contributed by atoms with E-state index >= 15 is 0 Å². The molecule has 1 aromatic rings. The van der Waals surface area contributed by atoms with Gasteiger partial charge in [-0.1, -0.05) is 45.7 Å². The summed E-state index contributed by atoms with van der Waals surface area (Å²) in [6, 6.07) is 5.72. The van der Waals surface area contributed by atoms with E-state index in [0.29, 0.717) is 6.54 Å². The summed E-state index contributed by atoms with van der Waals surface area (Å²) in [7, 11) is 0. The van der Waals surface area contributed by atoms with Gasteiger partial charge in [-0.25, -0.2) is 0 Å². The van der Waals surface area contributed by atoms with E-state index in [1.165, 1.54) is 0 Å². The van der Waals surface area contributed by atoms with Crippen molar-refractivity contribution in [2.24, 2.45) is 5.73 Å². The monoisotopic (exact) mass is 259 g/mol. The SMILES string of the molecule is NCCC=Cc1ccc(Cl)cc1Br. The maximum Gasteiger partial charge on any atom is 0.0417 e. The second kappa shape index (κ2) is 5.43. The second-order valence-corrected chi connectivity index (χ2v) is 3.94. The van der Waals surface area contributed by atoms with Crippen molar-refractivity contribution < 1.29 is 0 Å². The van der Waals surface area contributed by atoms with Crippen LogP contribution in [-0.4, -0.2) is 6.54 Å². The van der Waals surface area contributed by atoms with E-state index in [4.69, 9.17) is 17.3 Å². The number of rotatable bonds is 3. The average molecular weight is 261 g/mol. The molecule has 0 aliphatic heterocycles. The molecular weight excluding hydrogens is 249 g/mol. The Bertz CT molecular complexity index is 310. The van der Waals surface area contributed by atoms with E-state index in [2.05, 4.69) is 15.9 Å². The van der Waals surface area contributed by atoms with Crippen LogP contribution in [0, 0.1) is 0 Å². The van der Waals surface area contributed by atoms with Gasteiger partial charge in [-0.3, -0.25) is 0 Å². The Kier molecular flexibility index (Phi) is 4.50. The molecule has 0 aromatic heterocycles. The van der Waals surface area contributed by atoms with Crippen LogP contribution in [0.4, 0.5) is 0 Å². The highest BCUT2D eigenvalue weighted by Crippen LogP contribution is 2.22. The van der Waals surface area contributed by atoms with Crippen molar-refractivity contribution >= 4 is 33.6 Å². The Morgan fingerprint density at radius 1 is 1.46 bits per heavy atom. The van der Waals surface area contributed by atoms with Gasteiger partial charge in [-0.15, -0.1) is 0 Å². The smallest absolute Gasteiger partial charge is 0.0417 e. The van der Waals surface area contributed by atoms with Gasteiger partial charge in [0, 0.05) is 9.50 Å². The van der Waals surface area contributed by atoms with E-state index in [9.17, 15) is 0 Å². The molecule has 0 saturated heterocycles.